The van der Waals surface area contributed by atoms with Crippen molar-refractivity contribution in [1.82, 2.24) is 4.72 Å². The predicted octanol–water partition coefficient (Wildman–Crippen LogP) is 4.40. The Balaban J connectivity index is 1.66. The molecule has 1 aliphatic carbocycles. The van der Waals surface area contributed by atoms with Crippen LogP contribution in [0.1, 0.15) is 22.7 Å². The van der Waals surface area contributed by atoms with Crippen LogP contribution in [0.4, 0.5) is 5.69 Å². The third-order valence-electron chi connectivity index (χ3n) is 5.06. The molecule has 0 aromatic heterocycles. The first-order valence-electron chi connectivity index (χ1n) is 9.61. The number of benzene rings is 3. The van der Waals surface area contributed by atoms with Gasteiger partial charge in [0.1, 0.15) is 11.9 Å². The van der Waals surface area contributed by atoms with Crippen molar-refractivity contribution in [1.29, 1.82) is 0 Å². The zero-order valence-electron chi connectivity index (χ0n) is 16.6. The van der Waals surface area contributed by atoms with Gasteiger partial charge in [0.05, 0.1) is 15.9 Å². The van der Waals surface area contributed by atoms with Gasteiger partial charge in [0, 0.05) is 12.1 Å². The lowest BCUT2D eigenvalue weighted by Crippen LogP contribution is -2.39. The number of nitrogens with zero attached hydrogens (tertiary/aromatic N) is 1. The molecule has 0 amide bonds. The Morgan fingerprint density at radius 2 is 1.65 bits per heavy atom. The van der Waals surface area contributed by atoms with Crippen molar-refractivity contribution in [3.05, 3.63) is 106 Å². The molecule has 0 fully saturated rings. The van der Waals surface area contributed by atoms with Gasteiger partial charge in [0.2, 0.25) is 10.0 Å². The Morgan fingerprint density at radius 3 is 2.32 bits per heavy atom. The fourth-order valence-electron chi connectivity index (χ4n) is 3.43. The van der Waals surface area contributed by atoms with E-state index in [-0.39, 0.29) is 10.6 Å². The van der Waals surface area contributed by atoms with Crippen LogP contribution in [0.5, 0.6) is 5.75 Å². The zero-order valence-corrected chi connectivity index (χ0v) is 17.5. The monoisotopic (exact) mass is 436 g/mol. The summed E-state index contributed by atoms with van der Waals surface area (Å²) in [6.45, 7) is 1.89. The number of non-ortho nitro benzene ring substituents is 1. The van der Waals surface area contributed by atoms with E-state index >= 15 is 0 Å². The van der Waals surface area contributed by atoms with Crippen LogP contribution >= 0.6 is 0 Å². The van der Waals surface area contributed by atoms with E-state index in [1.54, 1.807) is 30.3 Å². The van der Waals surface area contributed by atoms with Crippen LogP contribution in [0.3, 0.4) is 0 Å². The maximum atomic E-state index is 13.1. The highest BCUT2D eigenvalue weighted by atomic mass is 32.2. The summed E-state index contributed by atoms with van der Waals surface area (Å²) in [5, 5.41) is 10.9. The molecule has 3 aromatic carbocycles. The molecule has 0 aliphatic heterocycles. The van der Waals surface area contributed by atoms with Crippen LogP contribution in [0.25, 0.3) is 6.08 Å². The smallest absolute Gasteiger partial charge is 0.269 e. The van der Waals surface area contributed by atoms with Gasteiger partial charge < -0.3 is 4.74 Å². The average molecular weight is 436 g/mol. The quantitative estimate of drug-likeness (QED) is 0.456. The van der Waals surface area contributed by atoms with Gasteiger partial charge in [-0.3, -0.25) is 10.1 Å². The van der Waals surface area contributed by atoms with Crippen molar-refractivity contribution in [2.45, 2.75) is 24.0 Å². The molecule has 0 spiro atoms. The zero-order chi connectivity index (χ0) is 22.0. The minimum absolute atomic E-state index is 0.0477. The van der Waals surface area contributed by atoms with E-state index in [1.165, 1.54) is 24.3 Å². The summed E-state index contributed by atoms with van der Waals surface area (Å²) in [7, 11) is -3.82. The first-order valence-corrected chi connectivity index (χ1v) is 11.1. The van der Waals surface area contributed by atoms with Gasteiger partial charge in [-0.2, -0.15) is 4.72 Å². The van der Waals surface area contributed by atoms with Crippen LogP contribution in [-0.2, 0) is 10.0 Å². The summed E-state index contributed by atoms with van der Waals surface area (Å²) in [4.78, 5) is 10.6. The van der Waals surface area contributed by atoms with Crippen LogP contribution in [0, 0.1) is 17.0 Å². The third kappa shape index (κ3) is 4.50. The van der Waals surface area contributed by atoms with E-state index < -0.39 is 27.1 Å². The molecule has 0 bridgehead atoms. The molecule has 7 nitrogen and oxygen atoms in total. The highest BCUT2D eigenvalue weighted by Gasteiger charge is 2.32. The highest BCUT2D eigenvalue weighted by molar-refractivity contribution is 7.89. The number of rotatable bonds is 6. The summed E-state index contributed by atoms with van der Waals surface area (Å²) in [6.07, 6.45) is 3.02. The largest absolute Gasteiger partial charge is 0.484 e. The van der Waals surface area contributed by atoms with Crippen LogP contribution in [0.2, 0.25) is 0 Å². The summed E-state index contributed by atoms with van der Waals surface area (Å²) in [6, 6.07) is 19.1. The van der Waals surface area contributed by atoms with Gasteiger partial charge in [-0.25, -0.2) is 8.42 Å². The van der Waals surface area contributed by atoms with Gasteiger partial charge in [-0.1, -0.05) is 48.0 Å². The first-order chi connectivity index (χ1) is 14.8. The van der Waals surface area contributed by atoms with Gasteiger partial charge >= 0.3 is 0 Å². The topological polar surface area (TPSA) is 98.5 Å². The number of hydrogen-bond donors (Lipinski definition) is 1. The van der Waals surface area contributed by atoms with Crippen molar-refractivity contribution in [3.8, 4) is 5.75 Å². The Labute approximate surface area is 180 Å². The van der Waals surface area contributed by atoms with E-state index in [1.807, 2.05) is 37.3 Å². The lowest BCUT2D eigenvalue weighted by Gasteiger charge is -2.30. The number of sulfonamides is 1. The molecule has 0 unspecified atom stereocenters. The number of nitro benzene ring substituents is 1. The Morgan fingerprint density at radius 1 is 0.968 bits per heavy atom. The molecule has 1 N–H and O–H groups in total. The molecule has 3 aromatic rings. The van der Waals surface area contributed by atoms with Crippen LogP contribution in [0.15, 0.2) is 83.8 Å². The van der Waals surface area contributed by atoms with Crippen molar-refractivity contribution < 1.29 is 18.1 Å². The van der Waals surface area contributed by atoms with E-state index in [0.29, 0.717) is 5.75 Å². The van der Waals surface area contributed by atoms with Gasteiger partial charge in [0.25, 0.3) is 5.69 Å². The van der Waals surface area contributed by atoms with Gasteiger partial charge in [0.15, 0.2) is 0 Å². The second-order valence-electron chi connectivity index (χ2n) is 7.23. The van der Waals surface area contributed by atoms with E-state index in [9.17, 15) is 18.5 Å². The number of aryl methyl sites for hydroxylation is 1. The molecule has 2 atom stereocenters. The number of fused-ring (bicyclic) bond motifs is 1. The second kappa shape index (κ2) is 8.33. The SMILES string of the molecule is Cc1ccc(S(=O)(=O)N[C@@H]2c3ccccc3C=C[C@H]2Oc2ccc([N+](=O)[O-])cc2)cc1. The Bertz CT molecular complexity index is 1240. The number of hydrogen-bond acceptors (Lipinski definition) is 5. The molecule has 1 aliphatic rings. The van der Waals surface area contributed by atoms with Crippen molar-refractivity contribution in [2.75, 3.05) is 0 Å². The average Bonchev–Trinajstić information content (AvgIpc) is 2.76. The molecule has 4 rings (SSSR count). The molecular formula is C23H20N2O5S. The van der Waals surface area contributed by atoms with Crippen molar-refractivity contribution in [3.63, 3.8) is 0 Å². The molecule has 158 valence electrons. The summed E-state index contributed by atoms with van der Waals surface area (Å²) < 4.78 is 34.9. The van der Waals surface area contributed by atoms with Crippen LogP contribution < -0.4 is 9.46 Å². The minimum Gasteiger partial charge on any atom is -0.484 e. The maximum absolute atomic E-state index is 13.1. The highest BCUT2D eigenvalue weighted by Crippen LogP contribution is 2.32. The number of nitro groups is 1. The molecule has 31 heavy (non-hydrogen) atoms. The normalized spacial score (nSPS) is 17.7. The minimum atomic E-state index is -3.82. The molecular weight excluding hydrogens is 416 g/mol. The van der Waals surface area contributed by atoms with Gasteiger partial charge in [-0.05, 0) is 48.4 Å². The lowest BCUT2D eigenvalue weighted by atomic mass is 9.91. The summed E-state index contributed by atoms with van der Waals surface area (Å²) in [5.41, 5.74) is 2.59. The van der Waals surface area contributed by atoms with Gasteiger partial charge in [-0.15, -0.1) is 0 Å². The predicted molar refractivity (Wildman–Crippen MR) is 117 cm³/mol. The number of nitrogens with one attached hydrogen (secondary N) is 1. The number of ether oxygens (including phenoxy) is 1. The van der Waals surface area contributed by atoms with Crippen molar-refractivity contribution >= 4 is 21.8 Å². The van der Waals surface area contributed by atoms with E-state index in [0.717, 1.165) is 16.7 Å². The molecule has 0 radical (unpaired) electrons. The molecule has 8 heteroatoms. The lowest BCUT2D eigenvalue weighted by molar-refractivity contribution is -0.384. The molecule has 0 heterocycles. The first kappa shape index (κ1) is 20.8. The third-order valence-corrected chi connectivity index (χ3v) is 6.52. The summed E-state index contributed by atoms with van der Waals surface area (Å²) >= 11 is 0. The standard InChI is InChI=1S/C23H20N2O5S/c1-16-6-13-20(14-7-16)31(28,29)24-23-21-5-3-2-4-17(21)8-15-22(23)30-19-11-9-18(10-12-19)25(26)27/h2-15,22-24H,1H3/t22-,23-/m1/s1. The van der Waals surface area contributed by atoms with E-state index in [4.69, 9.17) is 4.74 Å². The second-order valence-corrected chi connectivity index (χ2v) is 8.95. The Hall–Kier alpha value is -3.49. The Kier molecular flexibility index (Phi) is 5.58. The van der Waals surface area contributed by atoms with Crippen molar-refractivity contribution in [2.24, 2.45) is 0 Å². The van der Waals surface area contributed by atoms with Crippen LogP contribution in [-0.4, -0.2) is 19.4 Å². The summed E-state index contributed by atoms with van der Waals surface area (Å²) in [5.74, 6) is 0.402. The fourth-order valence-corrected chi connectivity index (χ4v) is 4.65. The van der Waals surface area contributed by atoms with E-state index in [2.05, 4.69) is 4.72 Å². The molecule has 0 saturated heterocycles. The fraction of sp³-hybridized carbons (Fsp3) is 0.130. The maximum Gasteiger partial charge on any atom is 0.269 e. The molecule has 0 saturated carbocycles.